The van der Waals surface area contributed by atoms with Crippen LogP contribution in [0.15, 0.2) is 0 Å². The fourth-order valence-electron chi connectivity index (χ4n) is 2.14. The second-order valence-corrected chi connectivity index (χ2v) is 4.04. The summed E-state index contributed by atoms with van der Waals surface area (Å²) in [6.45, 7) is 1.61. The summed E-state index contributed by atoms with van der Waals surface area (Å²) in [6.07, 6.45) is 4.44. The number of primary amides is 1. The van der Waals surface area contributed by atoms with Gasteiger partial charge in [-0.15, -0.1) is 0 Å². The molecule has 0 aromatic heterocycles. The normalized spacial score (nSPS) is 28.4. The van der Waals surface area contributed by atoms with Crippen LogP contribution < -0.4 is 5.73 Å². The zero-order chi connectivity index (χ0) is 9.84. The molecule has 1 aliphatic rings. The van der Waals surface area contributed by atoms with Gasteiger partial charge in [-0.2, -0.15) is 0 Å². The minimum atomic E-state index is -0.201. The molecule has 1 aliphatic carbocycles. The molecule has 2 atom stereocenters. The molecule has 0 saturated heterocycles. The van der Waals surface area contributed by atoms with Crippen LogP contribution in [0.1, 0.15) is 39.0 Å². The van der Waals surface area contributed by atoms with Crippen LogP contribution >= 0.6 is 0 Å². The van der Waals surface area contributed by atoms with Gasteiger partial charge in [0.05, 0.1) is 0 Å². The van der Waals surface area contributed by atoms with Crippen molar-refractivity contribution in [3.05, 3.63) is 0 Å². The van der Waals surface area contributed by atoms with Gasteiger partial charge in [-0.1, -0.05) is 6.42 Å². The van der Waals surface area contributed by atoms with E-state index in [1.54, 1.807) is 6.92 Å². The van der Waals surface area contributed by atoms with E-state index in [1.165, 1.54) is 0 Å². The van der Waals surface area contributed by atoms with E-state index in [2.05, 4.69) is 0 Å². The zero-order valence-electron chi connectivity index (χ0n) is 8.08. The van der Waals surface area contributed by atoms with Crippen molar-refractivity contribution in [2.24, 2.45) is 17.6 Å². The number of hydrogen-bond donors (Lipinski definition) is 1. The summed E-state index contributed by atoms with van der Waals surface area (Å²) in [5, 5.41) is 0. The Hall–Kier alpha value is -0.860. The molecule has 0 spiro atoms. The third-order valence-corrected chi connectivity index (χ3v) is 2.76. The minimum absolute atomic E-state index is 0.0121. The molecule has 0 aromatic rings. The van der Waals surface area contributed by atoms with E-state index in [0.717, 1.165) is 25.7 Å². The number of carbonyl (C=O) groups excluding carboxylic acids is 2. The third-order valence-electron chi connectivity index (χ3n) is 2.76. The smallest absolute Gasteiger partial charge is 0.220 e. The van der Waals surface area contributed by atoms with Crippen LogP contribution in [0.3, 0.4) is 0 Å². The number of amides is 1. The van der Waals surface area contributed by atoms with Gasteiger partial charge in [0, 0.05) is 12.3 Å². The van der Waals surface area contributed by atoms with Crippen LogP contribution in [0, 0.1) is 11.8 Å². The predicted octanol–water partition coefficient (Wildman–Crippen LogP) is 1.26. The third kappa shape index (κ3) is 3.17. The molecule has 1 rings (SSSR count). The van der Waals surface area contributed by atoms with Crippen LogP contribution in [-0.4, -0.2) is 11.7 Å². The summed E-state index contributed by atoms with van der Waals surface area (Å²) in [4.78, 5) is 21.8. The number of rotatable bonds is 3. The van der Waals surface area contributed by atoms with Gasteiger partial charge in [0.15, 0.2) is 0 Å². The van der Waals surface area contributed by atoms with Crippen molar-refractivity contribution < 1.29 is 9.59 Å². The first-order valence-electron chi connectivity index (χ1n) is 4.88. The number of carbonyl (C=O) groups is 2. The fraction of sp³-hybridized carbons (Fsp3) is 0.800. The lowest BCUT2D eigenvalue weighted by atomic mass is 9.79. The van der Waals surface area contributed by atoms with Crippen molar-refractivity contribution in [2.75, 3.05) is 0 Å². The van der Waals surface area contributed by atoms with E-state index < -0.39 is 0 Å². The van der Waals surface area contributed by atoms with Gasteiger partial charge in [-0.25, -0.2) is 0 Å². The lowest BCUT2D eigenvalue weighted by molar-refractivity contribution is -0.124. The van der Waals surface area contributed by atoms with Crippen molar-refractivity contribution in [3.63, 3.8) is 0 Å². The molecule has 1 saturated carbocycles. The van der Waals surface area contributed by atoms with Crippen LogP contribution in [0.5, 0.6) is 0 Å². The van der Waals surface area contributed by atoms with Gasteiger partial charge in [0.25, 0.3) is 0 Å². The second kappa shape index (κ2) is 4.40. The lowest BCUT2D eigenvalue weighted by Crippen LogP contribution is -2.29. The Morgan fingerprint density at radius 2 is 2.08 bits per heavy atom. The number of ketones is 1. The Labute approximate surface area is 78.7 Å². The van der Waals surface area contributed by atoms with Gasteiger partial charge < -0.3 is 10.5 Å². The van der Waals surface area contributed by atoms with E-state index in [9.17, 15) is 9.59 Å². The van der Waals surface area contributed by atoms with E-state index in [4.69, 9.17) is 5.73 Å². The molecule has 0 aromatic carbocycles. The summed E-state index contributed by atoms with van der Waals surface area (Å²) in [5.74, 6) is 0.422. The largest absolute Gasteiger partial charge is 0.369 e. The molecule has 2 unspecified atom stereocenters. The molecule has 0 aliphatic heterocycles. The number of nitrogens with two attached hydrogens (primary N) is 1. The van der Waals surface area contributed by atoms with Gasteiger partial charge in [0.1, 0.15) is 5.78 Å². The highest BCUT2D eigenvalue weighted by atomic mass is 16.1. The van der Waals surface area contributed by atoms with Crippen LogP contribution in [-0.2, 0) is 9.59 Å². The van der Waals surface area contributed by atoms with Gasteiger partial charge in [0.2, 0.25) is 5.91 Å². The molecule has 1 fully saturated rings. The van der Waals surface area contributed by atoms with Crippen molar-refractivity contribution >= 4 is 11.7 Å². The molecule has 3 heteroatoms. The van der Waals surface area contributed by atoms with Gasteiger partial charge in [-0.05, 0) is 32.1 Å². The summed E-state index contributed by atoms with van der Waals surface area (Å²) in [5.41, 5.74) is 5.24. The summed E-state index contributed by atoms with van der Waals surface area (Å²) in [6, 6.07) is 0. The first kappa shape index (κ1) is 10.2. The van der Waals surface area contributed by atoms with Crippen molar-refractivity contribution in [1.82, 2.24) is 0 Å². The average molecular weight is 183 g/mol. The topological polar surface area (TPSA) is 60.2 Å². The Balaban J connectivity index is 2.41. The molecule has 0 heterocycles. The minimum Gasteiger partial charge on any atom is -0.369 e. The molecule has 1 amide bonds. The Morgan fingerprint density at radius 3 is 2.62 bits per heavy atom. The predicted molar refractivity (Wildman–Crippen MR) is 49.9 cm³/mol. The van der Waals surface area contributed by atoms with Crippen LogP contribution in [0.2, 0.25) is 0 Å². The van der Waals surface area contributed by atoms with E-state index >= 15 is 0 Å². The second-order valence-electron chi connectivity index (χ2n) is 4.04. The Kier molecular flexibility index (Phi) is 3.46. The first-order valence-corrected chi connectivity index (χ1v) is 4.88. The summed E-state index contributed by atoms with van der Waals surface area (Å²) in [7, 11) is 0. The highest BCUT2D eigenvalue weighted by molar-refractivity contribution is 5.77. The molecule has 0 radical (unpaired) electrons. The van der Waals surface area contributed by atoms with Crippen molar-refractivity contribution in [1.29, 1.82) is 0 Å². The van der Waals surface area contributed by atoms with Crippen LogP contribution in [0.4, 0.5) is 0 Å². The number of Topliss-reactive ketones (excluding diaryl/α,β-unsaturated/α-hetero) is 1. The lowest BCUT2D eigenvalue weighted by Gasteiger charge is -2.26. The molecule has 13 heavy (non-hydrogen) atoms. The fourth-order valence-corrected chi connectivity index (χ4v) is 2.14. The first-order chi connectivity index (χ1) is 6.09. The van der Waals surface area contributed by atoms with E-state index in [-0.39, 0.29) is 17.6 Å². The zero-order valence-corrected chi connectivity index (χ0v) is 8.08. The summed E-state index contributed by atoms with van der Waals surface area (Å²) < 4.78 is 0. The molecular weight excluding hydrogens is 166 g/mol. The monoisotopic (exact) mass is 183 g/mol. The van der Waals surface area contributed by atoms with Gasteiger partial charge >= 0.3 is 0 Å². The quantitative estimate of drug-likeness (QED) is 0.716. The van der Waals surface area contributed by atoms with E-state index in [0.29, 0.717) is 12.3 Å². The van der Waals surface area contributed by atoms with Gasteiger partial charge in [-0.3, -0.25) is 4.79 Å². The average Bonchev–Trinajstić information content (AvgIpc) is 2.03. The maximum absolute atomic E-state index is 10.9. The molecule has 3 nitrogen and oxygen atoms in total. The summed E-state index contributed by atoms with van der Waals surface area (Å²) >= 11 is 0. The molecule has 74 valence electrons. The SMILES string of the molecule is CC(=O)CC1CCCC(C(N)=O)C1. The molecule has 2 N–H and O–H groups in total. The molecular formula is C10H17NO2. The maximum atomic E-state index is 10.9. The standard InChI is InChI=1S/C10H17NO2/c1-7(12)5-8-3-2-4-9(6-8)10(11)13/h8-9H,2-6H2,1H3,(H2,11,13). The Bertz CT molecular complexity index is 213. The van der Waals surface area contributed by atoms with Crippen molar-refractivity contribution in [3.8, 4) is 0 Å². The number of hydrogen-bond acceptors (Lipinski definition) is 2. The maximum Gasteiger partial charge on any atom is 0.220 e. The Morgan fingerprint density at radius 1 is 1.38 bits per heavy atom. The van der Waals surface area contributed by atoms with Crippen LogP contribution in [0.25, 0.3) is 0 Å². The molecule has 0 bridgehead atoms. The highest BCUT2D eigenvalue weighted by Gasteiger charge is 2.25. The van der Waals surface area contributed by atoms with E-state index in [1.807, 2.05) is 0 Å². The highest BCUT2D eigenvalue weighted by Crippen LogP contribution is 2.30. The van der Waals surface area contributed by atoms with Crippen molar-refractivity contribution in [2.45, 2.75) is 39.0 Å².